The molecule has 1 aliphatic rings. The summed E-state index contributed by atoms with van der Waals surface area (Å²) >= 11 is 0. The van der Waals surface area contributed by atoms with E-state index in [4.69, 9.17) is 0 Å². The summed E-state index contributed by atoms with van der Waals surface area (Å²) in [5.74, 6) is -0.941. The SMILES string of the molecule is O=C(O)[C@H](Cc1ccc(O)cc1)NCC1(S(=O)(=O)c2ccccc2)CCCNC1. The van der Waals surface area contributed by atoms with E-state index in [1.807, 2.05) is 0 Å². The van der Waals surface area contributed by atoms with Crippen LogP contribution < -0.4 is 10.6 Å². The van der Waals surface area contributed by atoms with Gasteiger partial charge in [-0.05, 0) is 55.6 Å². The Hall–Kier alpha value is -2.42. The van der Waals surface area contributed by atoms with Crippen molar-refractivity contribution in [2.45, 2.75) is 34.9 Å². The number of benzene rings is 2. The van der Waals surface area contributed by atoms with Crippen LogP contribution in [0.4, 0.5) is 0 Å². The van der Waals surface area contributed by atoms with Crippen LogP contribution in [0.1, 0.15) is 18.4 Å². The van der Waals surface area contributed by atoms with Crippen LogP contribution in [-0.4, -0.2) is 55.0 Å². The van der Waals surface area contributed by atoms with Gasteiger partial charge in [-0.2, -0.15) is 0 Å². The molecule has 1 aliphatic heterocycles. The molecule has 2 aromatic carbocycles. The fraction of sp³-hybridized carbons (Fsp3) is 0.381. The van der Waals surface area contributed by atoms with Gasteiger partial charge in [0.2, 0.25) is 0 Å². The van der Waals surface area contributed by atoms with Gasteiger partial charge >= 0.3 is 5.97 Å². The molecule has 3 rings (SSSR count). The van der Waals surface area contributed by atoms with E-state index >= 15 is 0 Å². The second kappa shape index (κ2) is 8.94. The summed E-state index contributed by atoms with van der Waals surface area (Å²) in [7, 11) is -3.67. The molecule has 1 heterocycles. The first-order valence-corrected chi connectivity index (χ1v) is 11.1. The van der Waals surface area contributed by atoms with Crippen LogP contribution in [0.3, 0.4) is 0 Å². The van der Waals surface area contributed by atoms with Crippen molar-refractivity contribution in [1.29, 1.82) is 0 Å². The number of sulfone groups is 1. The summed E-state index contributed by atoms with van der Waals surface area (Å²) in [4.78, 5) is 12.0. The molecule has 0 bridgehead atoms. The first-order chi connectivity index (χ1) is 13.8. The second-order valence-corrected chi connectivity index (χ2v) is 9.77. The number of phenolic OH excluding ortho intramolecular Hbond substituents is 1. The van der Waals surface area contributed by atoms with Gasteiger partial charge in [0.05, 0.1) is 4.90 Å². The van der Waals surface area contributed by atoms with E-state index in [0.717, 1.165) is 12.1 Å². The number of carboxylic acid groups (broad SMARTS) is 1. The lowest BCUT2D eigenvalue weighted by Crippen LogP contribution is -2.59. The Morgan fingerprint density at radius 3 is 2.41 bits per heavy atom. The summed E-state index contributed by atoms with van der Waals surface area (Å²) in [5, 5.41) is 25.2. The normalized spacial score (nSPS) is 20.8. The third-order valence-corrected chi connectivity index (χ3v) is 7.93. The fourth-order valence-electron chi connectivity index (χ4n) is 3.69. The van der Waals surface area contributed by atoms with Crippen molar-refractivity contribution in [2.75, 3.05) is 19.6 Å². The predicted octanol–water partition coefficient (Wildman–Crippen LogP) is 1.57. The highest BCUT2D eigenvalue weighted by atomic mass is 32.2. The van der Waals surface area contributed by atoms with Crippen molar-refractivity contribution in [1.82, 2.24) is 10.6 Å². The Labute approximate surface area is 170 Å². The summed E-state index contributed by atoms with van der Waals surface area (Å²) in [6.45, 7) is 1.04. The first kappa shape index (κ1) is 21.3. The molecule has 0 amide bonds. The van der Waals surface area contributed by atoms with E-state index in [1.54, 1.807) is 42.5 Å². The first-order valence-electron chi connectivity index (χ1n) is 9.59. The molecule has 7 nitrogen and oxygen atoms in total. The number of carboxylic acids is 1. The van der Waals surface area contributed by atoms with E-state index in [9.17, 15) is 23.4 Å². The van der Waals surface area contributed by atoms with E-state index in [0.29, 0.717) is 12.8 Å². The van der Waals surface area contributed by atoms with Gasteiger partial charge in [-0.1, -0.05) is 30.3 Å². The zero-order valence-corrected chi connectivity index (χ0v) is 16.9. The van der Waals surface area contributed by atoms with E-state index in [-0.39, 0.29) is 30.2 Å². The van der Waals surface area contributed by atoms with E-state index < -0.39 is 26.6 Å². The highest BCUT2D eigenvalue weighted by Crippen LogP contribution is 2.31. The second-order valence-electron chi connectivity index (χ2n) is 7.42. The maximum atomic E-state index is 13.4. The van der Waals surface area contributed by atoms with Crippen molar-refractivity contribution in [2.24, 2.45) is 0 Å². The Morgan fingerprint density at radius 1 is 1.14 bits per heavy atom. The molecule has 0 spiro atoms. The molecular weight excluding hydrogens is 392 g/mol. The third-order valence-electron chi connectivity index (χ3n) is 5.40. The standard InChI is InChI=1S/C21H26N2O5S/c24-17-9-7-16(8-10-17)13-19(20(25)26)23-15-21(11-4-12-22-14-21)29(27,28)18-5-2-1-3-6-18/h1-3,5-10,19,22-24H,4,11-15H2,(H,25,26)/t19-,21?/m0/s1. The Balaban J connectivity index is 1.82. The fourth-order valence-corrected chi connectivity index (χ4v) is 5.68. The number of carbonyl (C=O) groups is 1. The minimum atomic E-state index is -3.67. The van der Waals surface area contributed by atoms with Crippen LogP contribution in [0.25, 0.3) is 0 Å². The maximum Gasteiger partial charge on any atom is 0.321 e. The number of hydrogen-bond donors (Lipinski definition) is 4. The van der Waals surface area contributed by atoms with Crippen LogP contribution in [0.5, 0.6) is 5.75 Å². The predicted molar refractivity (Wildman–Crippen MR) is 110 cm³/mol. The van der Waals surface area contributed by atoms with Gasteiger partial charge in [0, 0.05) is 13.1 Å². The zero-order valence-electron chi connectivity index (χ0n) is 16.0. The molecule has 4 N–H and O–H groups in total. The molecule has 0 radical (unpaired) electrons. The molecule has 156 valence electrons. The largest absolute Gasteiger partial charge is 0.508 e. The molecule has 1 unspecified atom stereocenters. The van der Waals surface area contributed by atoms with E-state index in [2.05, 4.69) is 10.6 Å². The van der Waals surface area contributed by atoms with Gasteiger partial charge in [-0.3, -0.25) is 4.79 Å². The van der Waals surface area contributed by atoms with Gasteiger partial charge in [0.1, 0.15) is 16.5 Å². The molecule has 29 heavy (non-hydrogen) atoms. The van der Waals surface area contributed by atoms with E-state index in [1.165, 1.54) is 12.1 Å². The summed E-state index contributed by atoms with van der Waals surface area (Å²) in [6.07, 6.45) is 1.34. The smallest absolute Gasteiger partial charge is 0.321 e. The molecule has 1 fully saturated rings. The number of aromatic hydroxyl groups is 1. The summed E-state index contributed by atoms with van der Waals surface area (Å²) < 4.78 is 25.7. The molecule has 0 aliphatic carbocycles. The Morgan fingerprint density at radius 2 is 1.83 bits per heavy atom. The van der Waals surface area contributed by atoms with Gasteiger partial charge in [-0.25, -0.2) is 8.42 Å². The molecule has 0 saturated carbocycles. The number of hydrogen-bond acceptors (Lipinski definition) is 6. The Kier molecular flexibility index (Phi) is 6.56. The number of piperidine rings is 1. The van der Waals surface area contributed by atoms with Gasteiger partial charge in [0.15, 0.2) is 9.84 Å². The van der Waals surface area contributed by atoms with Crippen molar-refractivity contribution in [3.8, 4) is 5.75 Å². The molecule has 2 aromatic rings. The van der Waals surface area contributed by atoms with Crippen molar-refractivity contribution in [3.63, 3.8) is 0 Å². The Bertz CT molecular complexity index is 923. The quantitative estimate of drug-likeness (QED) is 0.514. The van der Waals surface area contributed by atoms with Crippen LogP contribution in [0, 0.1) is 0 Å². The number of phenols is 1. The monoisotopic (exact) mass is 418 g/mol. The number of rotatable bonds is 8. The van der Waals surface area contributed by atoms with Gasteiger partial charge < -0.3 is 20.8 Å². The molecule has 8 heteroatoms. The number of aliphatic carboxylic acids is 1. The highest BCUT2D eigenvalue weighted by Gasteiger charge is 2.45. The van der Waals surface area contributed by atoms with Crippen LogP contribution in [0.2, 0.25) is 0 Å². The molecule has 2 atom stereocenters. The molecule has 0 aromatic heterocycles. The lowest BCUT2D eigenvalue weighted by Gasteiger charge is -2.38. The zero-order chi connectivity index (χ0) is 20.9. The van der Waals surface area contributed by atoms with Crippen LogP contribution in [0.15, 0.2) is 59.5 Å². The van der Waals surface area contributed by atoms with Crippen molar-refractivity contribution < 1.29 is 23.4 Å². The topological polar surface area (TPSA) is 116 Å². The third kappa shape index (κ3) is 4.77. The average molecular weight is 419 g/mol. The van der Waals surface area contributed by atoms with Crippen LogP contribution >= 0.6 is 0 Å². The minimum absolute atomic E-state index is 0.0340. The molecular formula is C21H26N2O5S. The average Bonchev–Trinajstić information content (AvgIpc) is 2.73. The summed E-state index contributed by atoms with van der Waals surface area (Å²) in [5.41, 5.74) is 0.740. The van der Waals surface area contributed by atoms with Gasteiger partial charge in [0.25, 0.3) is 0 Å². The van der Waals surface area contributed by atoms with Crippen LogP contribution in [-0.2, 0) is 21.1 Å². The lowest BCUT2D eigenvalue weighted by atomic mass is 9.97. The number of nitrogens with one attached hydrogen (secondary N) is 2. The maximum absolute atomic E-state index is 13.4. The van der Waals surface area contributed by atoms with Gasteiger partial charge in [-0.15, -0.1) is 0 Å². The minimum Gasteiger partial charge on any atom is -0.508 e. The molecule has 1 saturated heterocycles. The van der Waals surface area contributed by atoms with Crippen molar-refractivity contribution >= 4 is 15.8 Å². The lowest BCUT2D eigenvalue weighted by molar-refractivity contribution is -0.139. The summed E-state index contributed by atoms with van der Waals surface area (Å²) in [6, 6.07) is 13.7. The highest BCUT2D eigenvalue weighted by molar-refractivity contribution is 7.93. The van der Waals surface area contributed by atoms with Crippen molar-refractivity contribution in [3.05, 3.63) is 60.2 Å².